The van der Waals surface area contributed by atoms with Gasteiger partial charge in [-0.3, -0.25) is 4.79 Å². The molecular weight excluding hydrogens is 248 g/mol. The average Bonchev–Trinajstić information content (AvgIpc) is 2.78. The zero-order valence-corrected chi connectivity index (χ0v) is 11.0. The van der Waals surface area contributed by atoms with Gasteiger partial charge in [0.1, 0.15) is 5.75 Å². The molecule has 2 aromatic rings. The van der Waals surface area contributed by atoms with Crippen LogP contribution in [0.3, 0.4) is 0 Å². The van der Waals surface area contributed by atoms with Crippen LogP contribution >= 0.6 is 11.3 Å². The Labute approximate surface area is 109 Å². The van der Waals surface area contributed by atoms with Crippen molar-refractivity contribution in [2.75, 3.05) is 18.2 Å². The number of rotatable bonds is 3. The molecule has 2 rings (SSSR count). The van der Waals surface area contributed by atoms with Crippen molar-refractivity contribution in [1.82, 2.24) is 0 Å². The van der Waals surface area contributed by atoms with E-state index in [1.54, 1.807) is 31.4 Å². The second-order valence-electron chi connectivity index (χ2n) is 3.82. The van der Waals surface area contributed by atoms with Crippen molar-refractivity contribution in [3.8, 4) is 5.75 Å². The predicted molar refractivity (Wildman–Crippen MR) is 74.4 cm³/mol. The number of hydrogen-bond acceptors (Lipinski definition) is 4. The third-order valence-corrected chi connectivity index (χ3v) is 3.44. The van der Waals surface area contributed by atoms with Gasteiger partial charge < -0.3 is 15.8 Å². The summed E-state index contributed by atoms with van der Waals surface area (Å²) in [6.07, 6.45) is 0. The van der Waals surface area contributed by atoms with Gasteiger partial charge in [0.2, 0.25) is 0 Å². The number of anilines is 2. The van der Waals surface area contributed by atoms with Gasteiger partial charge in [0.15, 0.2) is 0 Å². The normalized spacial score (nSPS) is 10.1. The van der Waals surface area contributed by atoms with E-state index < -0.39 is 0 Å². The van der Waals surface area contributed by atoms with Crippen molar-refractivity contribution >= 4 is 28.6 Å². The topological polar surface area (TPSA) is 64.3 Å². The highest BCUT2D eigenvalue weighted by Gasteiger charge is 2.11. The van der Waals surface area contributed by atoms with Gasteiger partial charge in [-0.1, -0.05) is 0 Å². The lowest BCUT2D eigenvalue weighted by Crippen LogP contribution is -2.11. The SMILES string of the molecule is COc1cc(N)ccc1NC(=O)c1ccc(C)s1. The number of thiophene rings is 1. The summed E-state index contributed by atoms with van der Waals surface area (Å²) in [6.45, 7) is 1.96. The first-order chi connectivity index (χ1) is 8.60. The molecule has 0 saturated heterocycles. The molecule has 0 spiro atoms. The number of carbonyl (C=O) groups excluding carboxylic acids is 1. The summed E-state index contributed by atoms with van der Waals surface area (Å²) in [5.74, 6) is 0.410. The van der Waals surface area contributed by atoms with E-state index in [4.69, 9.17) is 10.5 Å². The number of ether oxygens (including phenoxy) is 1. The van der Waals surface area contributed by atoms with E-state index in [2.05, 4.69) is 5.32 Å². The van der Waals surface area contributed by atoms with E-state index in [9.17, 15) is 4.79 Å². The molecular formula is C13H14N2O2S. The number of nitrogen functional groups attached to an aromatic ring is 1. The molecule has 0 atom stereocenters. The molecule has 0 radical (unpaired) electrons. The summed E-state index contributed by atoms with van der Waals surface area (Å²) < 4.78 is 5.18. The molecule has 0 aliphatic rings. The number of amides is 1. The molecule has 4 nitrogen and oxygen atoms in total. The summed E-state index contributed by atoms with van der Waals surface area (Å²) in [5.41, 5.74) is 6.87. The zero-order valence-electron chi connectivity index (χ0n) is 10.2. The smallest absolute Gasteiger partial charge is 0.265 e. The number of benzene rings is 1. The Bertz CT molecular complexity index is 578. The van der Waals surface area contributed by atoms with Crippen LogP contribution in [0.25, 0.3) is 0 Å². The third-order valence-electron chi connectivity index (χ3n) is 2.44. The van der Waals surface area contributed by atoms with Crippen LogP contribution in [0.4, 0.5) is 11.4 Å². The molecule has 1 amide bonds. The fraction of sp³-hybridized carbons (Fsp3) is 0.154. The van der Waals surface area contributed by atoms with Crippen molar-refractivity contribution in [2.24, 2.45) is 0 Å². The first-order valence-electron chi connectivity index (χ1n) is 5.41. The molecule has 3 N–H and O–H groups in total. The highest BCUT2D eigenvalue weighted by molar-refractivity contribution is 7.14. The summed E-state index contributed by atoms with van der Waals surface area (Å²) in [6, 6.07) is 8.85. The van der Waals surface area contributed by atoms with Crippen molar-refractivity contribution in [3.63, 3.8) is 0 Å². The molecule has 0 aliphatic carbocycles. The molecule has 0 unspecified atom stereocenters. The molecule has 18 heavy (non-hydrogen) atoms. The van der Waals surface area contributed by atoms with Crippen LogP contribution in [0.15, 0.2) is 30.3 Å². The Morgan fingerprint density at radius 1 is 1.33 bits per heavy atom. The van der Waals surface area contributed by atoms with Gasteiger partial charge in [0.25, 0.3) is 5.91 Å². The largest absolute Gasteiger partial charge is 0.494 e. The number of carbonyl (C=O) groups is 1. The van der Waals surface area contributed by atoms with Gasteiger partial charge in [0.05, 0.1) is 17.7 Å². The Morgan fingerprint density at radius 3 is 2.72 bits per heavy atom. The lowest BCUT2D eigenvalue weighted by Gasteiger charge is -2.10. The van der Waals surface area contributed by atoms with Gasteiger partial charge in [-0.2, -0.15) is 0 Å². The molecule has 1 heterocycles. The molecule has 0 fully saturated rings. The number of nitrogens with one attached hydrogen (secondary N) is 1. The standard InChI is InChI=1S/C13H14N2O2S/c1-8-3-6-12(18-8)13(16)15-10-5-4-9(14)7-11(10)17-2/h3-7H,14H2,1-2H3,(H,15,16). The third kappa shape index (κ3) is 2.62. The number of hydrogen-bond donors (Lipinski definition) is 2. The van der Waals surface area contributed by atoms with Crippen LogP contribution in [-0.2, 0) is 0 Å². The van der Waals surface area contributed by atoms with E-state index >= 15 is 0 Å². The van der Waals surface area contributed by atoms with Crippen molar-refractivity contribution in [1.29, 1.82) is 0 Å². The van der Waals surface area contributed by atoms with Gasteiger partial charge in [-0.15, -0.1) is 11.3 Å². The maximum absolute atomic E-state index is 12.0. The van der Waals surface area contributed by atoms with Crippen LogP contribution in [0, 0.1) is 6.92 Å². The van der Waals surface area contributed by atoms with Crippen LogP contribution in [0.1, 0.15) is 14.5 Å². The van der Waals surface area contributed by atoms with Gasteiger partial charge in [-0.05, 0) is 31.2 Å². The lowest BCUT2D eigenvalue weighted by atomic mass is 10.2. The monoisotopic (exact) mass is 262 g/mol. The Hall–Kier alpha value is -2.01. The molecule has 0 aliphatic heterocycles. The molecule has 94 valence electrons. The van der Waals surface area contributed by atoms with E-state index in [-0.39, 0.29) is 5.91 Å². The van der Waals surface area contributed by atoms with E-state index in [0.717, 1.165) is 4.88 Å². The molecule has 1 aromatic carbocycles. The fourth-order valence-electron chi connectivity index (χ4n) is 1.55. The van der Waals surface area contributed by atoms with Gasteiger partial charge >= 0.3 is 0 Å². The highest BCUT2D eigenvalue weighted by Crippen LogP contribution is 2.27. The second kappa shape index (κ2) is 5.10. The average molecular weight is 262 g/mol. The maximum atomic E-state index is 12.0. The van der Waals surface area contributed by atoms with Crippen LogP contribution in [0.2, 0.25) is 0 Å². The van der Waals surface area contributed by atoms with Crippen LogP contribution < -0.4 is 15.8 Å². The summed E-state index contributed by atoms with van der Waals surface area (Å²) >= 11 is 1.45. The van der Waals surface area contributed by atoms with Crippen molar-refractivity contribution in [3.05, 3.63) is 40.1 Å². The first-order valence-corrected chi connectivity index (χ1v) is 6.23. The summed E-state index contributed by atoms with van der Waals surface area (Å²) in [7, 11) is 1.54. The second-order valence-corrected chi connectivity index (χ2v) is 5.11. The van der Waals surface area contributed by atoms with E-state index in [1.165, 1.54) is 11.3 Å². The van der Waals surface area contributed by atoms with Crippen molar-refractivity contribution in [2.45, 2.75) is 6.92 Å². The number of aryl methyl sites for hydroxylation is 1. The quantitative estimate of drug-likeness (QED) is 0.836. The fourth-order valence-corrected chi connectivity index (χ4v) is 2.31. The number of methoxy groups -OCH3 is 1. The van der Waals surface area contributed by atoms with Gasteiger partial charge in [0, 0.05) is 16.6 Å². The first kappa shape index (κ1) is 12.4. The van der Waals surface area contributed by atoms with Crippen LogP contribution in [0.5, 0.6) is 5.75 Å². The van der Waals surface area contributed by atoms with Gasteiger partial charge in [-0.25, -0.2) is 0 Å². The Balaban J connectivity index is 2.21. The minimum Gasteiger partial charge on any atom is -0.494 e. The minimum atomic E-state index is -0.142. The Kier molecular flexibility index (Phi) is 3.53. The summed E-state index contributed by atoms with van der Waals surface area (Å²) in [5, 5.41) is 2.81. The van der Waals surface area contributed by atoms with Crippen LogP contribution in [-0.4, -0.2) is 13.0 Å². The lowest BCUT2D eigenvalue weighted by molar-refractivity contribution is 0.103. The van der Waals surface area contributed by atoms with E-state index in [0.29, 0.717) is 22.0 Å². The molecule has 5 heteroatoms. The maximum Gasteiger partial charge on any atom is 0.265 e. The minimum absolute atomic E-state index is 0.142. The zero-order chi connectivity index (χ0) is 13.1. The molecule has 0 bridgehead atoms. The highest BCUT2D eigenvalue weighted by atomic mass is 32.1. The summed E-state index contributed by atoms with van der Waals surface area (Å²) in [4.78, 5) is 13.8. The van der Waals surface area contributed by atoms with E-state index in [1.807, 2.05) is 13.0 Å². The predicted octanol–water partition coefficient (Wildman–Crippen LogP) is 2.90. The Morgan fingerprint density at radius 2 is 2.11 bits per heavy atom. The molecule has 0 saturated carbocycles. The number of nitrogens with two attached hydrogens (primary N) is 1. The van der Waals surface area contributed by atoms with Crippen molar-refractivity contribution < 1.29 is 9.53 Å². The molecule has 1 aromatic heterocycles.